The van der Waals surface area contributed by atoms with Gasteiger partial charge in [0.2, 0.25) is 0 Å². The van der Waals surface area contributed by atoms with Crippen LogP contribution in [0.1, 0.15) is 66.9 Å². The number of rotatable bonds is 10. The summed E-state index contributed by atoms with van der Waals surface area (Å²) in [6.45, 7) is 3.97. The Hall–Kier alpha value is -2.54. The number of ketones is 1. The average Bonchev–Trinajstić information content (AvgIpc) is 2.69. The summed E-state index contributed by atoms with van der Waals surface area (Å²) >= 11 is 0. The number of aryl methyl sites for hydroxylation is 1. The first-order chi connectivity index (χ1) is 14.7. The highest BCUT2D eigenvalue weighted by molar-refractivity contribution is 7.93. The van der Waals surface area contributed by atoms with E-state index in [-0.39, 0.29) is 30.1 Å². The van der Waals surface area contributed by atoms with Gasteiger partial charge in [-0.1, -0.05) is 43.7 Å². The maximum absolute atomic E-state index is 12.4. The van der Waals surface area contributed by atoms with Gasteiger partial charge in [-0.25, -0.2) is 18.4 Å². The summed E-state index contributed by atoms with van der Waals surface area (Å²) in [6.07, 6.45) is 10.1. The van der Waals surface area contributed by atoms with Gasteiger partial charge in [0.1, 0.15) is 6.10 Å². The maximum Gasteiger partial charge on any atom is 0.200 e. The van der Waals surface area contributed by atoms with Gasteiger partial charge in [-0.2, -0.15) is 0 Å². The molecular formula is C24H30N2O4S. The summed E-state index contributed by atoms with van der Waals surface area (Å²) in [6, 6.07) is 8.25. The van der Waals surface area contributed by atoms with E-state index in [0.29, 0.717) is 18.1 Å². The molecule has 7 heteroatoms. The van der Waals surface area contributed by atoms with Crippen LogP contribution in [0.4, 0.5) is 0 Å². The van der Waals surface area contributed by atoms with Crippen molar-refractivity contribution in [1.29, 1.82) is 0 Å². The molecule has 0 radical (unpaired) electrons. The molecule has 0 amide bonds. The van der Waals surface area contributed by atoms with E-state index >= 15 is 0 Å². The molecule has 1 heterocycles. The molecule has 0 bridgehead atoms. The molecule has 31 heavy (non-hydrogen) atoms. The van der Waals surface area contributed by atoms with Crippen molar-refractivity contribution in [2.24, 2.45) is 11.8 Å². The van der Waals surface area contributed by atoms with Gasteiger partial charge < -0.3 is 4.74 Å². The minimum atomic E-state index is -3.16. The van der Waals surface area contributed by atoms with E-state index in [1.807, 2.05) is 19.1 Å². The third kappa shape index (κ3) is 6.72. The highest BCUT2D eigenvalue weighted by Crippen LogP contribution is 2.41. The first-order valence-electron chi connectivity index (χ1n) is 10.7. The zero-order chi connectivity index (χ0) is 22.4. The van der Waals surface area contributed by atoms with Crippen molar-refractivity contribution in [2.45, 2.75) is 52.1 Å². The molecular weight excluding hydrogens is 412 g/mol. The molecule has 1 aliphatic carbocycles. The Morgan fingerprint density at radius 1 is 1.23 bits per heavy atom. The summed E-state index contributed by atoms with van der Waals surface area (Å²) in [7, 11) is -3.16. The van der Waals surface area contributed by atoms with Gasteiger partial charge in [-0.3, -0.25) is 4.79 Å². The number of hydrogen-bond donors (Lipinski definition) is 0. The summed E-state index contributed by atoms with van der Waals surface area (Å²) in [4.78, 5) is 20.8. The Labute approximate surface area is 184 Å². The van der Waals surface area contributed by atoms with Crippen LogP contribution >= 0.6 is 0 Å². The molecule has 2 aromatic rings. The molecule has 0 aliphatic heterocycles. The second-order valence-corrected chi connectivity index (χ2v) is 10.4. The lowest BCUT2D eigenvalue weighted by Crippen LogP contribution is -2.25. The van der Waals surface area contributed by atoms with E-state index in [4.69, 9.17) is 4.74 Å². The number of carbonyl (C=O) groups excluding carboxylic acids is 1. The number of aromatic nitrogens is 2. The first kappa shape index (κ1) is 23.1. The Balaban J connectivity index is 1.61. The second-order valence-electron chi connectivity index (χ2n) is 8.43. The smallest absolute Gasteiger partial charge is 0.200 e. The zero-order valence-electron chi connectivity index (χ0n) is 18.3. The van der Waals surface area contributed by atoms with E-state index in [0.717, 1.165) is 19.1 Å². The van der Waals surface area contributed by atoms with Crippen LogP contribution in [0.25, 0.3) is 0 Å². The summed E-state index contributed by atoms with van der Waals surface area (Å²) in [5.74, 6) is 0.993. The van der Waals surface area contributed by atoms with E-state index in [9.17, 15) is 13.2 Å². The summed E-state index contributed by atoms with van der Waals surface area (Å²) in [5.41, 5.74) is 2.38. The first-order valence-corrected chi connectivity index (χ1v) is 12.6. The monoisotopic (exact) mass is 442 g/mol. The molecule has 1 aromatic heterocycles. The number of ether oxygens (including phenoxy) is 1. The Morgan fingerprint density at radius 2 is 1.90 bits per heavy atom. The Bertz CT molecular complexity index is 1030. The molecule has 3 rings (SSSR count). The van der Waals surface area contributed by atoms with E-state index in [2.05, 4.69) is 29.0 Å². The lowest BCUT2D eigenvalue weighted by atomic mass is 9.78. The summed E-state index contributed by atoms with van der Waals surface area (Å²) in [5, 5.41) is 1.18. The van der Waals surface area contributed by atoms with Crippen LogP contribution in [-0.2, 0) is 9.84 Å². The van der Waals surface area contributed by atoms with Crippen LogP contribution in [0.3, 0.4) is 0 Å². The number of sulfone groups is 1. The van der Waals surface area contributed by atoms with E-state index in [1.54, 1.807) is 18.5 Å². The van der Waals surface area contributed by atoms with Crippen molar-refractivity contribution in [1.82, 2.24) is 9.97 Å². The Kier molecular flexibility index (Phi) is 7.59. The molecule has 1 aromatic carbocycles. The molecule has 1 saturated carbocycles. The molecule has 166 valence electrons. The SMILES string of the molecule is Cc1ccccc1[C@@H](Oc1cnc(C(=O)CC[C@H](C)/C=C/S(C)(=O)=O)nc1)C1CCC1. The number of allylic oxidation sites excluding steroid dienone is 1. The molecule has 0 spiro atoms. The number of benzene rings is 1. The van der Waals surface area contributed by atoms with Crippen molar-refractivity contribution < 1.29 is 17.9 Å². The number of carbonyl (C=O) groups is 1. The number of nitrogens with zero attached hydrogens (tertiary/aromatic N) is 2. The van der Waals surface area contributed by atoms with Crippen molar-refractivity contribution in [3.8, 4) is 5.75 Å². The predicted octanol–water partition coefficient (Wildman–Crippen LogP) is 4.86. The minimum absolute atomic E-state index is 0.0290. The Morgan fingerprint density at radius 3 is 2.48 bits per heavy atom. The quantitative estimate of drug-likeness (QED) is 0.488. The van der Waals surface area contributed by atoms with Crippen LogP contribution in [0, 0.1) is 18.8 Å². The fourth-order valence-corrected chi connectivity index (χ4v) is 4.13. The standard InChI is InChI=1S/C24H30N2O4S/c1-17(13-14-31(3,28)29)11-12-22(27)24-25-15-20(16-26-24)30-23(19-8-6-9-19)21-10-5-4-7-18(21)2/h4-5,7,10,13-17,19,23H,6,8-9,11-12H2,1-3H3/b14-13+/t17-,23-/m0/s1. The third-order valence-corrected chi connectivity index (χ3v) is 6.35. The van der Waals surface area contributed by atoms with Gasteiger partial charge in [0.25, 0.3) is 0 Å². The largest absolute Gasteiger partial charge is 0.482 e. The van der Waals surface area contributed by atoms with Gasteiger partial charge in [-0.15, -0.1) is 0 Å². The highest BCUT2D eigenvalue weighted by atomic mass is 32.2. The van der Waals surface area contributed by atoms with E-state index in [1.165, 1.54) is 23.0 Å². The van der Waals surface area contributed by atoms with Crippen LogP contribution in [0.5, 0.6) is 5.75 Å². The third-order valence-electron chi connectivity index (χ3n) is 5.69. The van der Waals surface area contributed by atoms with E-state index < -0.39 is 9.84 Å². The number of Topliss-reactive ketones (excluding diaryl/α,β-unsaturated/α-hetero) is 1. The molecule has 1 fully saturated rings. The molecule has 1 aliphatic rings. The molecule has 6 nitrogen and oxygen atoms in total. The van der Waals surface area contributed by atoms with Crippen LogP contribution in [-0.4, -0.2) is 30.4 Å². The van der Waals surface area contributed by atoms with Gasteiger partial charge >= 0.3 is 0 Å². The van der Waals surface area contributed by atoms with Crippen molar-refractivity contribution in [3.63, 3.8) is 0 Å². The molecule has 2 atom stereocenters. The lowest BCUT2D eigenvalue weighted by molar-refractivity contribution is 0.0824. The van der Waals surface area contributed by atoms with Gasteiger partial charge in [0.15, 0.2) is 27.2 Å². The van der Waals surface area contributed by atoms with Crippen molar-refractivity contribution in [3.05, 3.63) is 65.1 Å². The topological polar surface area (TPSA) is 86.2 Å². The predicted molar refractivity (Wildman–Crippen MR) is 121 cm³/mol. The van der Waals surface area contributed by atoms with Crippen LogP contribution in [0.2, 0.25) is 0 Å². The minimum Gasteiger partial charge on any atom is -0.482 e. The fraction of sp³-hybridized carbons (Fsp3) is 0.458. The molecule has 0 unspecified atom stereocenters. The lowest BCUT2D eigenvalue weighted by Gasteiger charge is -2.34. The normalized spacial score (nSPS) is 16.6. The van der Waals surface area contributed by atoms with Gasteiger partial charge in [-0.05, 0) is 43.2 Å². The second kappa shape index (κ2) is 10.2. The van der Waals surface area contributed by atoms with Crippen LogP contribution in [0.15, 0.2) is 48.1 Å². The fourth-order valence-electron chi connectivity index (χ4n) is 3.57. The van der Waals surface area contributed by atoms with Gasteiger partial charge in [0, 0.05) is 24.0 Å². The van der Waals surface area contributed by atoms with Gasteiger partial charge in [0.05, 0.1) is 12.4 Å². The van der Waals surface area contributed by atoms with Crippen LogP contribution < -0.4 is 4.74 Å². The molecule has 0 saturated heterocycles. The highest BCUT2D eigenvalue weighted by Gasteiger charge is 2.31. The molecule has 0 N–H and O–H groups in total. The summed E-state index contributed by atoms with van der Waals surface area (Å²) < 4.78 is 28.7. The number of hydrogen-bond acceptors (Lipinski definition) is 6. The average molecular weight is 443 g/mol. The van der Waals surface area contributed by atoms with Crippen molar-refractivity contribution >= 4 is 15.6 Å². The van der Waals surface area contributed by atoms with Crippen molar-refractivity contribution in [2.75, 3.05) is 6.26 Å². The maximum atomic E-state index is 12.4. The zero-order valence-corrected chi connectivity index (χ0v) is 19.1.